The summed E-state index contributed by atoms with van der Waals surface area (Å²) in [6.07, 6.45) is 4.99. The molecule has 0 aliphatic heterocycles. The Hall–Kier alpha value is -0.830. The number of allylic oxidation sites excluding steroid dienone is 4. The maximum atomic E-state index is 10.5. The Balaban J connectivity index is 3.06. The Morgan fingerprint density at radius 2 is 2.33 bits per heavy atom. The van der Waals surface area contributed by atoms with E-state index >= 15 is 0 Å². The minimum atomic E-state index is -0.877. The lowest BCUT2D eigenvalue weighted by Gasteiger charge is -2.25. The van der Waals surface area contributed by atoms with Gasteiger partial charge in [-0.15, -0.1) is 11.6 Å². The monoisotopic (exact) mass is 187 g/mol. The maximum absolute atomic E-state index is 10.5. The number of hydrogen-bond donors (Lipinski definition) is 0. The van der Waals surface area contributed by atoms with E-state index in [4.69, 9.17) is 11.6 Å². The number of rotatable bonds is 1. The lowest BCUT2D eigenvalue weighted by molar-refractivity contribution is -0.432. The fraction of sp³-hybridized carbons (Fsp3) is 0.500. The Morgan fingerprint density at radius 3 is 2.75 bits per heavy atom. The molecule has 2 unspecified atom stereocenters. The van der Waals surface area contributed by atoms with Crippen LogP contribution in [0.25, 0.3) is 0 Å². The van der Waals surface area contributed by atoms with Crippen LogP contribution >= 0.6 is 11.6 Å². The summed E-state index contributed by atoms with van der Waals surface area (Å²) in [6.45, 7) is 3.53. The first kappa shape index (κ1) is 9.26. The first-order valence-electron chi connectivity index (χ1n) is 3.68. The summed E-state index contributed by atoms with van der Waals surface area (Å²) in [5, 5.41) is 10.5. The Labute approximate surface area is 75.9 Å². The van der Waals surface area contributed by atoms with Gasteiger partial charge in [0.15, 0.2) is 0 Å². The minimum absolute atomic E-state index is 0.00966. The van der Waals surface area contributed by atoms with Gasteiger partial charge in [-0.05, 0) is 6.92 Å². The SMILES string of the molecule is CC1C=CC=C([N+](=O)[O-])C1(C)Cl. The zero-order chi connectivity index (χ0) is 9.35. The standard InChI is InChI=1S/C8H10ClNO2/c1-6-4-3-5-7(10(11)12)8(6,2)9/h3-6H,1-2H3. The molecule has 0 saturated carbocycles. The summed E-state index contributed by atoms with van der Waals surface area (Å²) >= 11 is 6.02. The van der Waals surface area contributed by atoms with Gasteiger partial charge in [-0.2, -0.15) is 0 Å². The smallest absolute Gasteiger partial charge is 0.259 e. The van der Waals surface area contributed by atoms with Crippen LogP contribution in [0.3, 0.4) is 0 Å². The van der Waals surface area contributed by atoms with E-state index in [1.54, 1.807) is 13.0 Å². The molecule has 1 rings (SSSR count). The molecule has 66 valence electrons. The third-order valence-electron chi connectivity index (χ3n) is 2.21. The van der Waals surface area contributed by atoms with Crippen molar-refractivity contribution in [2.45, 2.75) is 18.7 Å². The predicted octanol–water partition coefficient (Wildman–Crippen LogP) is 2.35. The van der Waals surface area contributed by atoms with Crippen molar-refractivity contribution in [1.82, 2.24) is 0 Å². The van der Waals surface area contributed by atoms with Crippen molar-refractivity contribution >= 4 is 11.6 Å². The van der Waals surface area contributed by atoms with Gasteiger partial charge in [0.25, 0.3) is 5.70 Å². The van der Waals surface area contributed by atoms with Crippen LogP contribution in [0.5, 0.6) is 0 Å². The van der Waals surface area contributed by atoms with E-state index in [0.717, 1.165) is 0 Å². The molecule has 0 aromatic rings. The van der Waals surface area contributed by atoms with Gasteiger partial charge in [0.2, 0.25) is 0 Å². The maximum Gasteiger partial charge on any atom is 0.267 e. The first-order valence-corrected chi connectivity index (χ1v) is 4.06. The summed E-state index contributed by atoms with van der Waals surface area (Å²) in [6, 6.07) is 0. The summed E-state index contributed by atoms with van der Waals surface area (Å²) in [7, 11) is 0. The van der Waals surface area contributed by atoms with Gasteiger partial charge in [0.05, 0.1) is 4.92 Å². The lowest BCUT2D eigenvalue weighted by atomic mass is 9.88. The number of hydrogen-bond acceptors (Lipinski definition) is 2. The van der Waals surface area contributed by atoms with Crippen LogP contribution in [0.2, 0.25) is 0 Å². The molecule has 1 aliphatic rings. The fourth-order valence-corrected chi connectivity index (χ4v) is 1.33. The molecule has 4 heteroatoms. The number of alkyl halides is 1. The second-order valence-corrected chi connectivity index (χ2v) is 3.84. The van der Waals surface area contributed by atoms with Crippen molar-refractivity contribution < 1.29 is 4.92 Å². The first-order chi connectivity index (χ1) is 5.46. The molecule has 3 nitrogen and oxygen atoms in total. The lowest BCUT2D eigenvalue weighted by Crippen LogP contribution is -2.33. The molecule has 0 N–H and O–H groups in total. The summed E-state index contributed by atoms with van der Waals surface area (Å²) in [5.41, 5.74) is 0.0687. The fourth-order valence-electron chi connectivity index (χ4n) is 1.13. The van der Waals surface area contributed by atoms with Crippen molar-refractivity contribution in [2.75, 3.05) is 0 Å². The van der Waals surface area contributed by atoms with Crippen LogP contribution in [0, 0.1) is 16.0 Å². The molecule has 0 spiro atoms. The number of nitro groups is 1. The molecule has 0 radical (unpaired) electrons. The topological polar surface area (TPSA) is 43.1 Å². The van der Waals surface area contributed by atoms with E-state index in [9.17, 15) is 10.1 Å². The van der Waals surface area contributed by atoms with Crippen LogP contribution in [0.4, 0.5) is 0 Å². The molecule has 0 fully saturated rings. The Bertz CT molecular complexity index is 268. The van der Waals surface area contributed by atoms with Crippen molar-refractivity contribution in [3.63, 3.8) is 0 Å². The van der Waals surface area contributed by atoms with Gasteiger partial charge in [-0.1, -0.05) is 19.1 Å². The average molecular weight is 188 g/mol. The second-order valence-electron chi connectivity index (χ2n) is 3.06. The van der Waals surface area contributed by atoms with E-state index < -0.39 is 9.80 Å². The van der Waals surface area contributed by atoms with E-state index in [0.29, 0.717) is 0 Å². The molecule has 12 heavy (non-hydrogen) atoms. The van der Waals surface area contributed by atoms with Gasteiger partial charge in [-0.25, -0.2) is 0 Å². The van der Waals surface area contributed by atoms with Gasteiger partial charge >= 0.3 is 0 Å². The quantitative estimate of drug-likeness (QED) is 0.359. The molecule has 0 aromatic heterocycles. The van der Waals surface area contributed by atoms with E-state index in [2.05, 4.69) is 0 Å². The third-order valence-corrected chi connectivity index (χ3v) is 2.74. The minimum Gasteiger partial charge on any atom is -0.259 e. The molecule has 1 aliphatic carbocycles. The zero-order valence-corrected chi connectivity index (χ0v) is 7.71. The number of nitrogens with zero attached hydrogens (tertiary/aromatic N) is 1. The molecule has 0 heterocycles. The summed E-state index contributed by atoms with van der Waals surface area (Å²) < 4.78 is 0. The predicted molar refractivity (Wildman–Crippen MR) is 47.6 cm³/mol. The summed E-state index contributed by atoms with van der Waals surface area (Å²) in [4.78, 5) is 9.23. The molecule has 0 aromatic carbocycles. The molecule has 0 bridgehead atoms. The van der Waals surface area contributed by atoms with Crippen molar-refractivity contribution in [1.29, 1.82) is 0 Å². The Kier molecular flexibility index (Phi) is 2.24. The highest BCUT2D eigenvalue weighted by Crippen LogP contribution is 2.36. The summed E-state index contributed by atoms with van der Waals surface area (Å²) in [5.74, 6) is -0.00966. The highest BCUT2D eigenvalue weighted by Gasteiger charge is 2.41. The van der Waals surface area contributed by atoms with Crippen LogP contribution < -0.4 is 0 Å². The van der Waals surface area contributed by atoms with Crippen molar-refractivity contribution in [3.8, 4) is 0 Å². The van der Waals surface area contributed by atoms with Crippen LogP contribution in [0.15, 0.2) is 23.9 Å². The average Bonchev–Trinajstić information content (AvgIpc) is 1.94. The third kappa shape index (κ3) is 1.37. The van der Waals surface area contributed by atoms with E-state index in [1.807, 2.05) is 13.0 Å². The highest BCUT2D eigenvalue weighted by atomic mass is 35.5. The highest BCUT2D eigenvalue weighted by molar-refractivity contribution is 6.25. The second kappa shape index (κ2) is 2.90. The molecular weight excluding hydrogens is 178 g/mol. The molecule has 2 atom stereocenters. The van der Waals surface area contributed by atoms with Gasteiger partial charge in [0.1, 0.15) is 4.87 Å². The van der Waals surface area contributed by atoms with Crippen LogP contribution in [-0.2, 0) is 0 Å². The van der Waals surface area contributed by atoms with Crippen molar-refractivity contribution in [2.24, 2.45) is 5.92 Å². The normalized spacial score (nSPS) is 34.6. The van der Waals surface area contributed by atoms with Crippen molar-refractivity contribution in [3.05, 3.63) is 34.0 Å². The molecule has 0 saturated heterocycles. The van der Waals surface area contributed by atoms with Gasteiger partial charge in [0, 0.05) is 12.0 Å². The van der Waals surface area contributed by atoms with Crippen LogP contribution in [0.1, 0.15) is 13.8 Å². The Morgan fingerprint density at radius 1 is 1.75 bits per heavy atom. The molecule has 0 amide bonds. The van der Waals surface area contributed by atoms with Gasteiger partial charge in [-0.3, -0.25) is 10.1 Å². The van der Waals surface area contributed by atoms with E-state index in [-0.39, 0.29) is 11.6 Å². The van der Waals surface area contributed by atoms with Gasteiger partial charge < -0.3 is 0 Å². The number of halogens is 1. The molecular formula is C8H10ClNO2. The van der Waals surface area contributed by atoms with Crippen LogP contribution in [-0.4, -0.2) is 9.80 Å². The zero-order valence-electron chi connectivity index (χ0n) is 6.95. The van der Waals surface area contributed by atoms with E-state index in [1.165, 1.54) is 6.08 Å². The largest absolute Gasteiger partial charge is 0.267 e.